The summed E-state index contributed by atoms with van der Waals surface area (Å²) < 4.78 is 69.3. The van der Waals surface area contributed by atoms with Crippen molar-refractivity contribution in [2.75, 3.05) is 20.2 Å². The number of amides is 2. The molecule has 8 nitrogen and oxygen atoms in total. The maximum absolute atomic E-state index is 12.8. The summed E-state index contributed by atoms with van der Waals surface area (Å²) in [5.74, 6) is -1.95. The topological polar surface area (TPSA) is 114 Å². The third-order valence-corrected chi connectivity index (χ3v) is 5.66. The van der Waals surface area contributed by atoms with Gasteiger partial charge < -0.3 is 15.4 Å². The zero-order valence-corrected chi connectivity index (χ0v) is 18.2. The van der Waals surface area contributed by atoms with Gasteiger partial charge in [-0.05, 0) is 35.9 Å². The number of carbonyl (C=O) groups excluding carboxylic acids is 2. The Bertz CT molecular complexity index is 1080. The molecule has 2 rings (SSSR count). The maximum Gasteiger partial charge on any atom is 0.405 e. The number of benzene rings is 2. The Morgan fingerprint density at radius 3 is 2.31 bits per heavy atom. The molecule has 0 unspecified atom stereocenters. The molecule has 0 spiro atoms. The first kappa shape index (κ1) is 25.4. The minimum absolute atomic E-state index is 0.0342. The predicted molar refractivity (Wildman–Crippen MR) is 110 cm³/mol. The summed E-state index contributed by atoms with van der Waals surface area (Å²) in [6.07, 6.45) is -4.59. The zero-order valence-electron chi connectivity index (χ0n) is 16.6. The molecule has 0 bridgehead atoms. The lowest BCUT2D eigenvalue weighted by molar-refractivity contribution is -0.137. The molecule has 32 heavy (non-hydrogen) atoms. The highest BCUT2D eigenvalue weighted by atomic mass is 35.5. The van der Waals surface area contributed by atoms with E-state index in [1.165, 1.54) is 19.2 Å². The second kappa shape index (κ2) is 10.7. The fourth-order valence-corrected chi connectivity index (χ4v) is 3.75. The highest BCUT2D eigenvalue weighted by Gasteiger charge is 2.27. The third-order valence-electron chi connectivity index (χ3n) is 3.99. The monoisotopic (exact) mass is 493 g/mol. The molecule has 0 fully saturated rings. The van der Waals surface area contributed by atoms with Crippen LogP contribution in [0, 0.1) is 0 Å². The Balaban J connectivity index is 2.10. The number of ether oxygens (including phenoxy) is 1. The Morgan fingerprint density at radius 2 is 1.72 bits per heavy atom. The molecule has 0 heterocycles. The first-order valence-corrected chi connectivity index (χ1v) is 10.8. The van der Waals surface area contributed by atoms with Crippen molar-refractivity contribution in [1.29, 1.82) is 0 Å². The number of alkyl halides is 3. The summed E-state index contributed by atoms with van der Waals surface area (Å²) in [5, 5.41) is 4.22. The van der Waals surface area contributed by atoms with Gasteiger partial charge in [0.05, 0.1) is 13.7 Å². The van der Waals surface area contributed by atoms with E-state index in [1.54, 1.807) is 29.6 Å². The summed E-state index contributed by atoms with van der Waals surface area (Å²) >= 11 is 5.80. The molecule has 2 aromatic carbocycles. The van der Waals surface area contributed by atoms with Gasteiger partial charge in [-0.2, -0.15) is 13.2 Å². The maximum atomic E-state index is 12.8. The van der Waals surface area contributed by atoms with Crippen LogP contribution in [0.1, 0.15) is 15.9 Å². The van der Waals surface area contributed by atoms with Gasteiger partial charge in [0.25, 0.3) is 5.91 Å². The average Bonchev–Trinajstić information content (AvgIpc) is 2.74. The Labute approximate surface area is 187 Å². The van der Waals surface area contributed by atoms with Gasteiger partial charge in [-0.1, -0.05) is 23.7 Å². The molecule has 0 aromatic heterocycles. The van der Waals surface area contributed by atoms with Crippen LogP contribution in [0.25, 0.3) is 0 Å². The molecule has 0 atom stereocenters. The Kier molecular flexibility index (Phi) is 8.47. The van der Waals surface area contributed by atoms with E-state index >= 15 is 0 Å². The summed E-state index contributed by atoms with van der Waals surface area (Å²) in [5.41, 5.74) is 0.497. The van der Waals surface area contributed by atoms with Crippen LogP contribution in [0.3, 0.4) is 0 Å². The summed E-state index contributed by atoms with van der Waals surface area (Å²) in [4.78, 5) is 23.4. The Morgan fingerprint density at radius 1 is 1.06 bits per heavy atom. The predicted octanol–water partition coefficient (Wildman–Crippen LogP) is 2.24. The SMILES string of the molecule is COc1ccc(C(=O)NCC(=O)NCC(F)(F)F)cc1S(=O)(=O)NCc1ccc(Cl)cc1. The van der Waals surface area contributed by atoms with E-state index in [-0.39, 0.29) is 22.8 Å². The van der Waals surface area contributed by atoms with E-state index in [4.69, 9.17) is 16.3 Å². The number of carbonyl (C=O) groups is 2. The van der Waals surface area contributed by atoms with Crippen molar-refractivity contribution in [2.24, 2.45) is 0 Å². The van der Waals surface area contributed by atoms with Crippen LogP contribution in [0.5, 0.6) is 5.75 Å². The molecule has 3 N–H and O–H groups in total. The van der Waals surface area contributed by atoms with Gasteiger partial charge in [-0.15, -0.1) is 0 Å². The lowest BCUT2D eigenvalue weighted by Gasteiger charge is -2.13. The van der Waals surface area contributed by atoms with E-state index in [0.29, 0.717) is 10.6 Å². The summed E-state index contributed by atoms with van der Waals surface area (Å²) in [6, 6.07) is 10.00. The first-order chi connectivity index (χ1) is 14.9. The first-order valence-electron chi connectivity index (χ1n) is 8.95. The van der Waals surface area contributed by atoms with Gasteiger partial charge in [-0.3, -0.25) is 9.59 Å². The summed E-state index contributed by atoms with van der Waals surface area (Å²) in [6.45, 7) is -2.32. The number of sulfonamides is 1. The molecule has 0 saturated carbocycles. The van der Waals surface area contributed by atoms with Gasteiger partial charge in [-0.25, -0.2) is 13.1 Å². The third kappa shape index (κ3) is 7.70. The standard InChI is InChI=1S/C19H19ClF3N3O5S/c1-31-15-7-4-13(18(28)24-10-17(27)25-11-19(21,22)23)8-16(15)32(29,30)26-9-12-2-5-14(20)6-3-12/h2-8,26H,9-11H2,1H3,(H,24,28)(H,25,27). The number of halogens is 4. The van der Waals surface area contributed by atoms with Gasteiger partial charge in [0.2, 0.25) is 15.9 Å². The lowest BCUT2D eigenvalue weighted by Crippen LogP contribution is -2.40. The Hall–Kier alpha value is -2.83. The van der Waals surface area contributed by atoms with Crippen LogP contribution in [-0.2, 0) is 21.4 Å². The van der Waals surface area contributed by atoms with Crippen LogP contribution in [0.15, 0.2) is 47.4 Å². The van der Waals surface area contributed by atoms with Crippen LogP contribution in [0.4, 0.5) is 13.2 Å². The number of rotatable bonds is 9. The molecular formula is C19H19ClF3N3O5S. The molecule has 0 aliphatic rings. The molecule has 0 aliphatic carbocycles. The van der Waals surface area contributed by atoms with Crippen molar-refractivity contribution < 1.29 is 35.9 Å². The van der Waals surface area contributed by atoms with Gasteiger partial charge >= 0.3 is 6.18 Å². The van der Waals surface area contributed by atoms with Gasteiger partial charge in [0.15, 0.2) is 0 Å². The smallest absolute Gasteiger partial charge is 0.405 e. The number of nitrogens with one attached hydrogen (secondary N) is 3. The normalized spacial score (nSPS) is 11.7. The van der Waals surface area contributed by atoms with Crippen LogP contribution < -0.4 is 20.1 Å². The minimum Gasteiger partial charge on any atom is -0.495 e. The second-order valence-corrected chi connectivity index (χ2v) is 8.56. The largest absolute Gasteiger partial charge is 0.495 e. The van der Waals surface area contributed by atoms with Crippen molar-refractivity contribution in [3.05, 3.63) is 58.6 Å². The highest BCUT2D eigenvalue weighted by molar-refractivity contribution is 7.89. The van der Waals surface area contributed by atoms with Crippen LogP contribution in [0.2, 0.25) is 5.02 Å². The number of methoxy groups -OCH3 is 1. The van der Waals surface area contributed by atoms with E-state index < -0.39 is 41.1 Å². The highest BCUT2D eigenvalue weighted by Crippen LogP contribution is 2.25. The van der Waals surface area contributed by atoms with E-state index in [2.05, 4.69) is 10.0 Å². The van der Waals surface area contributed by atoms with E-state index in [1.807, 2.05) is 0 Å². The van der Waals surface area contributed by atoms with Crippen molar-refractivity contribution in [3.63, 3.8) is 0 Å². The van der Waals surface area contributed by atoms with Crippen molar-refractivity contribution in [1.82, 2.24) is 15.4 Å². The lowest BCUT2D eigenvalue weighted by atomic mass is 10.2. The average molecular weight is 494 g/mol. The molecule has 0 aliphatic heterocycles. The fourth-order valence-electron chi connectivity index (χ4n) is 2.41. The van der Waals surface area contributed by atoms with Crippen molar-refractivity contribution in [3.8, 4) is 5.75 Å². The van der Waals surface area contributed by atoms with Crippen LogP contribution in [-0.4, -0.2) is 46.6 Å². The zero-order chi connectivity index (χ0) is 23.9. The molecule has 13 heteroatoms. The number of hydrogen-bond donors (Lipinski definition) is 3. The van der Waals surface area contributed by atoms with Crippen LogP contribution >= 0.6 is 11.6 Å². The second-order valence-electron chi connectivity index (χ2n) is 6.39. The van der Waals surface area contributed by atoms with E-state index in [9.17, 15) is 31.2 Å². The number of hydrogen-bond acceptors (Lipinski definition) is 5. The van der Waals surface area contributed by atoms with Crippen molar-refractivity contribution >= 4 is 33.4 Å². The molecule has 174 valence electrons. The molecule has 2 amide bonds. The van der Waals surface area contributed by atoms with E-state index in [0.717, 1.165) is 6.07 Å². The van der Waals surface area contributed by atoms with Crippen molar-refractivity contribution in [2.45, 2.75) is 17.6 Å². The van der Waals surface area contributed by atoms with Gasteiger partial charge in [0, 0.05) is 17.1 Å². The molecular weight excluding hydrogens is 475 g/mol. The quantitative estimate of drug-likeness (QED) is 0.496. The molecule has 0 saturated heterocycles. The minimum atomic E-state index is -4.59. The summed E-state index contributed by atoms with van der Waals surface area (Å²) in [7, 11) is -2.87. The molecule has 0 radical (unpaired) electrons. The van der Waals surface area contributed by atoms with Gasteiger partial charge in [0.1, 0.15) is 17.2 Å². The fraction of sp³-hybridized carbons (Fsp3) is 0.263. The molecule has 2 aromatic rings.